The molecule has 2 rings (SSSR count). The predicted octanol–water partition coefficient (Wildman–Crippen LogP) is 3.14. The van der Waals surface area contributed by atoms with Gasteiger partial charge in [-0.05, 0) is 44.4 Å². The molecule has 0 aliphatic rings. The molecule has 1 amide bonds. The van der Waals surface area contributed by atoms with Crippen LogP contribution in [-0.4, -0.2) is 17.1 Å². The summed E-state index contributed by atoms with van der Waals surface area (Å²) in [5.41, 5.74) is 1.81. The number of aliphatic hydroxyl groups excluding tert-OH is 1. The highest BCUT2D eigenvalue weighted by atomic mass is 16.3. The van der Waals surface area contributed by atoms with Gasteiger partial charge in [-0.1, -0.05) is 30.3 Å². The normalized spacial score (nSPS) is 13.7. The monoisotopic (exact) mass is 287 g/mol. The van der Waals surface area contributed by atoms with Gasteiger partial charge >= 0.3 is 0 Å². The van der Waals surface area contributed by atoms with Crippen molar-refractivity contribution in [3.63, 3.8) is 0 Å². The van der Waals surface area contributed by atoms with Crippen molar-refractivity contribution >= 4 is 5.91 Å². The second-order valence-corrected chi connectivity index (χ2v) is 5.39. The molecule has 1 aromatic carbocycles. The largest absolute Gasteiger partial charge is 0.456 e. The van der Waals surface area contributed by atoms with Gasteiger partial charge in [0.25, 0.3) is 5.91 Å². The minimum absolute atomic E-state index is 0.154. The van der Waals surface area contributed by atoms with E-state index in [1.807, 2.05) is 51.1 Å². The van der Waals surface area contributed by atoms with Crippen molar-refractivity contribution in [1.82, 2.24) is 5.32 Å². The summed E-state index contributed by atoms with van der Waals surface area (Å²) >= 11 is 0. The first-order valence-corrected chi connectivity index (χ1v) is 7.08. The topological polar surface area (TPSA) is 62.5 Å². The zero-order chi connectivity index (χ0) is 15.4. The SMILES string of the molecule is Cc1cc(C(=O)NC(C)CC(O)c2ccccc2)oc1C. The van der Waals surface area contributed by atoms with Gasteiger partial charge in [-0.15, -0.1) is 0 Å². The standard InChI is InChI=1S/C17H21NO3/c1-11-9-16(21-13(11)3)17(20)18-12(2)10-15(19)14-7-5-4-6-8-14/h4-9,12,15,19H,10H2,1-3H3,(H,18,20). The van der Waals surface area contributed by atoms with Crippen LogP contribution in [0, 0.1) is 13.8 Å². The Labute approximate surface area is 124 Å². The van der Waals surface area contributed by atoms with E-state index in [4.69, 9.17) is 4.42 Å². The van der Waals surface area contributed by atoms with Crippen LogP contribution in [0.2, 0.25) is 0 Å². The number of amides is 1. The zero-order valence-electron chi connectivity index (χ0n) is 12.6. The van der Waals surface area contributed by atoms with Crippen LogP contribution in [0.1, 0.15) is 46.9 Å². The van der Waals surface area contributed by atoms with Crippen LogP contribution in [0.3, 0.4) is 0 Å². The Morgan fingerprint density at radius 3 is 2.52 bits per heavy atom. The van der Waals surface area contributed by atoms with E-state index in [-0.39, 0.29) is 11.9 Å². The van der Waals surface area contributed by atoms with Gasteiger partial charge in [0, 0.05) is 6.04 Å². The minimum atomic E-state index is -0.596. The number of nitrogens with one attached hydrogen (secondary N) is 1. The number of benzene rings is 1. The number of hydrogen-bond donors (Lipinski definition) is 2. The number of carbonyl (C=O) groups excluding carboxylic acids is 1. The number of furan rings is 1. The third-order valence-electron chi connectivity index (χ3n) is 3.53. The zero-order valence-corrected chi connectivity index (χ0v) is 12.6. The number of aryl methyl sites for hydroxylation is 2. The molecule has 0 aliphatic heterocycles. The van der Waals surface area contributed by atoms with Gasteiger partial charge < -0.3 is 14.8 Å². The van der Waals surface area contributed by atoms with Gasteiger partial charge in [0.2, 0.25) is 0 Å². The molecule has 4 heteroatoms. The Hall–Kier alpha value is -2.07. The molecule has 0 radical (unpaired) electrons. The molecule has 0 spiro atoms. The Morgan fingerprint density at radius 2 is 1.95 bits per heavy atom. The fourth-order valence-corrected chi connectivity index (χ4v) is 2.19. The van der Waals surface area contributed by atoms with E-state index >= 15 is 0 Å². The van der Waals surface area contributed by atoms with Crippen molar-refractivity contribution < 1.29 is 14.3 Å². The lowest BCUT2D eigenvalue weighted by molar-refractivity contribution is 0.0888. The van der Waals surface area contributed by atoms with Gasteiger partial charge in [-0.2, -0.15) is 0 Å². The lowest BCUT2D eigenvalue weighted by Gasteiger charge is -2.17. The average Bonchev–Trinajstić information content (AvgIpc) is 2.79. The Balaban J connectivity index is 1.92. The van der Waals surface area contributed by atoms with Crippen LogP contribution < -0.4 is 5.32 Å². The maximum atomic E-state index is 12.1. The van der Waals surface area contributed by atoms with Crippen LogP contribution in [0.25, 0.3) is 0 Å². The summed E-state index contributed by atoms with van der Waals surface area (Å²) in [5, 5.41) is 13.0. The van der Waals surface area contributed by atoms with Crippen LogP contribution >= 0.6 is 0 Å². The molecule has 0 aliphatic carbocycles. The second-order valence-electron chi connectivity index (χ2n) is 5.39. The average molecular weight is 287 g/mol. The van der Waals surface area contributed by atoms with Gasteiger partial charge in [0.1, 0.15) is 5.76 Å². The first-order valence-electron chi connectivity index (χ1n) is 7.08. The van der Waals surface area contributed by atoms with Crippen molar-refractivity contribution in [2.75, 3.05) is 0 Å². The summed E-state index contributed by atoms with van der Waals surface area (Å²) in [7, 11) is 0. The Morgan fingerprint density at radius 1 is 1.29 bits per heavy atom. The molecule has 0 saturated heterocycles. The first-order chi connectivity index (χ1) is 9.97. The van der Waals surface area contributed by atoms with Gasteiger partial charge in [0.05, 0.1) is 6.10 Å². The lowest BCUT2D eigenvalue weighted by atomic mass is 10.0. The Kier molecular flexibility index (Phi) is 4.81. The van der Waals surface area contributed by atoms with Crippen LogP contribution in [0.15, 0.2) is 40.8 Å². The van der Waals surface area contributed by atoms with Crippen molar-refractivity contribution in [3.05, 3.63) is 59.0 Å². The summed E-state index contributed by atoms with van der Waals surface area (Å²) in [6.07, 6.45) is -0.143. The molecule has 2 atom stereocenters. The maximum Gasteiger partial charge on any atom is 0.287 e. The molecule has 4 nitrogen and oxygen atoms in total. The molecular formula is C17H21NO3. The quantitative estimate of drug-likeness (QED) is 0.888. The van der Waals surface area contributed by atoms with Crippen molar-refractivity contribution in [2.45, 2.75) is 39.3 Å². The van der Waals surface area contributed by atoms with Crippen LogP contribution in [0.4, 0.5) is 0 Å². The van der Waals surface area contributed by atoms with Crippen molar-refractivity contribution in [3.8, 4) is 0 Å². The number of rotatable bonds is 5. The summed E-state index contributed by atoms with van der Waals surface area (Å²) < 4.78 is 5.39. The number of carbonyl (C=O) groups is 1. The molecule has 0 fully saturated rings. The molecule has 2 N–H and O–H groups in total. The smallest absolute Gasteiger partial charge is 0.287 e. The fraction of sp³-hybridized carbons (Fsp3) is 0.353. The molecule has 1 heterocycles. The summed E-state index contributed by atoms with van der Waals surface area (Å²) in [4.78, 5) is 12.1. The van der Waals surface area contributed by atoms with E-state index < -0.39 is 6.10 Å². The molecule has 21 heavy (non-hydrogen) atoms. The minimum Gasteiger partial charge on any atom is -0.456 e. The summed E-state index contributed by atoms with van der Waals surface area (Å²) in [6.45, 7) is 5.60. The van der Waals surface area contributed by atoms with Gasteiger partial charge in [-0.3, -0.25) is 4.79 Å². The molecule has 0 bridgehead atoms. The maximum absolute atomic E-state index is 12.1. The predicted molar refractivity (Wildman–Crippen MR) is 81.1 cm³/mol. The molecular weight excluding hydrogens is 266 g/mol. The Bertz CT molecular complexity index is 584. The number of hydrogen-bond acceptors (Lipinski definition) is 3. The molecule has 112 valence electrons. The molecule has 1 aromatic heterocycles. The molecule has 2 unspecified atom stereocenters. The van der Waals surface area contributed by atoms with Crippen molar-refractivity contribution in [1.29, 1.82) is 0 Å². The van der Waals surface area contributed by atoms with Gasteiger partial charge in [0.15, 0.2) is 5.76 Å². The van der Waals surface area contributed by atoms with Gasteiger partial charge in [-0.25, -0.2) is 0 Å². The molecule has 2 aromatic rings. The third-order valence-corrected chi connectivity index (χ3v) is 3.53. The lowest BCUT2D eigenvalue weighted by Crippen LogP contribution is -2.33. The van der Waals surface area contributed by atoms with E-state index in [0.717, 1.165) is 16.9 Å². The van der Waals surface area contributed by atoms with Crippen LogP contribution in [0.5, 0.6) is 0 Å². The highest BCUT2D eigenvalue weighted by molar-refractivity contribution is 5.91. The first kappa shape index (κ1) is 15.3. The highest BCUT2D eigenvalue weighted by Crippen LogP contribution is 2.18. The fourth-order valence-electron chi connectivity index (χ4n) is 2.19. The van der Waals surface area contributed by atoms with Crippen molar-refractivity contribution in [2.24, 2.45) is 0 Å². The molecule has 0 saturated carbocycles. The summed E-state index contributed by atoms with van der Waals surface area (Å²) in [5.74, 6) is 0.808. The van der Waals surface area contributed by atoms with Crippen LogP contribution in [-0.2, 0) is 0 Å². The van der Waals surface area contributed by atoms with E-state index in [2.05, 4.69) is 5.32 Å². The third kappa shape index (κ3) is 3.95. The van der Waals surface area contributed by atoms with E-state index in [9.17, 15) is 9.90 Å². The van der Waals surface area contributed by atoms with E-state index in [1.165, 1.54) is 0 Å². The van der Waals surface area contributed by atoms with E-state index in [1.54, 1.807) is 6.07 Å². The highest BCUT2D eigenvalue weighted by Gasteiger charge is 2.17. The second kappa shape index (κ2) is 6.59. The summed E-state index contributed by atoms with van der Waals surface area (Å²) in [6, 6.07) is 11.0. The number of aliphatic hydroxyl groups is 1. The van der Waals surface area contributed by atoms with E-state index in [0.29, 0.717) is 12.2 Å².